The third-order valence-electron chi connectivity index (χ3n) is 7.71. The smallest absolute Gasteiger partial charge is 0.238 e. The monoisotopic (exact) mass is 516 g/mol. The van der Waals surface area contributed by atoms with Crippen LogP contribution in [0.3, 0.4) is 0 Å². The molecule has 0 aliphatic heterocycles. The summed E-state index contributed by atoms with van der Waals surface area (Å²) in [5.41, 5.74) is 3.03. The number of aromatic hydroxyl groups is 1. The number of hydrogen-bond acceptors (Lipinski definition) is 10. The van der Waals surface area contributed by atoms with E-state index in [0.717, 1.165) is 0 Å². The lowest BCUT2D eigenvalue weighted by molar-refractivity contribution is -0.178. The molecule has 37 heavy (non-hydrogen) atoms. The second-order valence-corrected chi connectivity index (χ2v) is 10.6. The number of nitrogens with zero attached hydrogens (tertiary/aromatic N) is 2. The molecule has 4 rings (SSSR count). The van der Waals surface area contributed by atoms with Gasteiger partial charge in [0.1, 0.15) is 17.4 Å². The van der Waals surface area contributed by atoms with Crippen LogP contribution in [0, 0.1) is 17.8 Å². The largest absolute Gasteiger partial charge is 0.508 e. The fourth-order valence-corrected chi connectivity index (χ4v) is 6.20. The number of phenolic OH excluding ortho intramolecular Hbond substituents is 1. The maximum atomic E-state index is 13.6. The zero-order valence-electron chi connectivity index (χ0n) is 21.1. The highest BCUT2D eigenvalue weighted by molar-refractivity contribution is 6.16. The van der Waals surface area contributed by atoms with E-state index in [1.165, 1.54) is 17.0 Å². The fraction of sp³-hybridized carbons (Fsp3) is 0.520. The Bertz CT molecular complexity index is 1230. The number of benzene rings is 1. The van der Waals surface area contributed by atoms with Crippen LogP contribution < -0.4 is 11.1 Å². The van der Waals surface area contributed by atoms with Crippen LogP contribution in [0.5, 0.6) is 5.75 Å². The highest BCUT2D eigenvalue weighted by atomic mass is 16.3. The van der Waals surface area contributed by atoms with E-state index in [9.17, 15) is 39.6 Å². The van der Waals surface area contributed by atoms with Gasteiger partial charge in [-0.2, -0.15) is 0 Å². The topological polar surface area (TPSA) is 194 Å². The van der Waals surface area contributed by atoms with Gasteiger partial charge in [0.25, 0.3) is 0 Å². The minimum Gasteiger partial charge on any atom is -0.508 e. The molecule has 0 bridgehead atoms. The Labute approximate surface area is 213 Å². The van der Waals surface area contributed by atoms with Crippen molar-refractivity contribution >= 4 is 29.1 Å². The SMILES string of the molecule is CN(C)CC(=O)Nc1ccc(O)c2c1CC1CC3[C@H](N(C)C)C(O)C(C(N)=O)C(=O)[C@@]3(O)C(O)=C1C2=O. The summed E-state index contributed by atoms with van der Waals surface area (Å²) < 4.78 is 0. The number of aliphatic hydroxyl groups is 3. The van der Waals surface area contributed by atoms with Gasteiger partial charge in [0.15, 0.2) is 17.2 Å². The number of carbonyl (C=O) groups is 4. The van der Waals surface area contributed by atoms with Crippen LogP contribution in [0.2, 0.25) is 0 Å². The Balaban J connectivity index is 1.86. The van der Waals surface area contributed by atoms with Gasteiger partial charge in [-0.25, -0.2) is 0 Å². The van der Waals surface area contributed by atoms with Crippen molar-refractivity contribution in [3.05, 3.63) is 34.6 Å². The van der Waals surface area contributed by atoms with Gasteiger partial charge in [-0.3, -0.25) is 19.2 Å². The zero-order valence-corrected chi connectivity index (χ0v) is 21.1. The summed E-state index contributed by atoms with van der Waals surface area (Å²) in [6.45, 7) is 0.0830. The third kappa shape index (κ3) is 4.00. The molecule has 12 heteroatoms. The molecule has 0 saturated heterocycles. The molecule has 1 aromatic rings. The number of nitrogens with one attached hydrogen (secondary N) is 1. The maximum Gasteiger partial charge on any atom is 0.238 e. The number of Topliss-reactive ketones (excluding diaryl/α,β-unsaturated/α-hetero) is 2. The van der Waals surface area contributed by atoms with Crippen LogP contribution in [0.15, 0.2) is 23.5 Å². The van der Waals surface area contributed by atoms with Gasteiger partial charge in [0, 0.05) is 23.2 Å². The molecule has 7 N–H and O–H groups in total. The van der Waals surface area contributed by atoms with Crippen molar-refractivity contribution in [2.24, 2.45) is 23.5 Å². The average Bonchev–Trinajstić information content (AvgIpc) is 2.77. The van der Waals surface area contributed by atoms with Gasteiger partial charge in [-0.15, -0.1) is 0 Å². The molecular formula is C25H32N4O8. The molecule has 2 amide bonds. The van der Waals surface area contributed by atoms with E-state index in [1.807, 2.05) is 0 Å². The lowest BCUT2D eigenvalue weighted by Gasteiger charge is -2.53. The van der Waals surface area contributed by atoms with Crippen LogP contribution in [0.25, 0.3) is 0 Å². The molecule has 200 valence electrons. The maximum absolute atomic E-state index is 13.6. The number of nitrogens with two attached hydrogens (primary N) is 1. The molecule has 0 heterocycles. The second kappa shape index (κ2) is 9.21. The summed E-state index contributed by atoms with van der Waals surface area (Å²) in [5.74, 6) is -8.33. The molecule has 12 nitrogen and oxygen atoms in total. The molecule has 1 aromatic carbocycles. The van der Waals surface area contributed by atoms with Crippen LogP contribution >= 0.6 is 0 Å². The minimum absolute atomic E-state index is 0.00105. The van der Waals surface area contributed by atoms with E-state index in [1.54, 1.807) is 33.1 Å². The number of likely N-dealkylation sites (N-methyl/N-ethyl adjacent to an activating group) is 2. The highest BCUT2D eigenvalue weighted by Gasteiger charge is 2.66. The number of amides is 2. The standard InChI is InChI=1S/C25H32N4O8/c1-28(2)9-15(31)27-13-5-6-14(30)17-11(13)7-10-8-12-19(29(3)4)21(33)18(24(26)36)23(35)25(12,37)22(34)16(10)20(17)32/h5-6,10,12,18-19,21,30,33-34,37H,7-9H2,1-4H3,(H2,26,36)(H,27,31)/t10?,12?,18?,19-,21?,25-/m0/s1. The number of primary amides is 1. The molecular weight excluding hydrogens is 484 g/mol. The predicted octanol–water partition coefficient (Wildman–Crippen LogP) is -1.21. The van der Waals surface area contributed by atoms with Crippen LogP contribution in [-0.2, 0) is 20.8 Å². The molecule has 6 atom stereocenters. The van der Waals surface area contributed by atoms with Gasteiger partial charge in [0.2, 0.25) is 11.8 Å². The zero-order chi connectivity index (χ0) is 27.6. The number of anilines is 1. The van der Waals surface area contributed by atoms with Crippen molar-refractivity contribution in [3.8, 4) is 5.75 Å². The summed E-state index contributed by atoms with van der Waals surface area (Å²) in [5, 5.41) is 47.1. The lowest BCUT2D eigenvalue weighted by atomic mass is 9.56. The van der Waals surface area contributed by atoms with Gasteiger partial charge in [-0.1, -0.05) is 0 Å². The fourth-order valence-electron chi connectivity index (χ4n) is 6.20. The van der Waals surface area contributed by atoms with Crippen LogP contribution in [0.1, 0.15) is 22.3 Å². The highest BCUT2D eigenvalue weighted by Crippen LogP contribution is 2.53. The summed E-state index contributed by atoms with van der Waals surface area (Å²) in [7, 11) is 6.64. The predicted molar refractivity (Wildman–Crippen MR) is 131 cm³/mol. The average molecular weight is 517 g/mol. The number of aliphatic hydroxyl groups excluding tert-OH is 2. The molecule has 0 aromatic heterocycles. The first-order valence-electron chi connectivity index (χ1n) is 11.9. The van der Waals surface area contributed by atoms with Crippen molar-refractivity contribution in [1.29, 1.82) is 0 Å². The summed E-state index contributed by atoms with van der Waals surface area (Å²) in [6.07, 6.45) is -1.45. The Kier molecular flexibility index (Phi) is 6.65. The van der Waals surface area contributed by atoms with Crippen molar-refractivity contribution in [2.45, 2.75) is 30.6 Å². The lowest BCUT2D eigenvalue weighted by Crippen LogP contribution is -2.71. The van der Waals surface area contributed by atoms with E-state index in [0.29, 0.717) is 11.3 Å². The molecule has 3 aliphatic rings. The Morgan fingerprint density at radius 3 is 2.38 bits per heavy atom. The minimum atomic E-state index is -2.64. The third-order valence-corrected chi connectivity index (χ3v) is 7.71. The first-order valence-corrected chi connectivity index (χ1v) is 11.9. The van der Waals surface area contributed by atoms with Crippen molar-refractivity contribution < 1.29 is 39.6 Å². The molecule has 1 fully saturated rings. The number of phenols is 1. The van der Waals surface area contributed by atoms with E-state index in [4.69, 9.17) is 5.73 Å². The molecule has 4 unspecified atom stereocenters. The summed E-state index contributed by atoms with van der Waals surface area (Å²) in [6, 6.07) is 1.77. The van der Waals surface area contributed by atoms with E-state index in [-0.39, 0.29) is 42.2 Å². The van der Waals surface area contributed by atoms with E-state index >= 15 is 0 Å². The number of carbonyl (C=O) groups excluding carboxylic acids is 4. The number of fused-ring (bicyclic) bond motifs is 3. The van der Waals surface area contributed by atoms with Gasteiger partial charge in [0.05, 0.1) is 18.2 Å². The van der Waals surface area contributed by atoms with E-state index in [2.05, 4.69) is 5.32 Å². The molecule has 1 saturated carbocycles. The summed E-state index contributed by atoms with van der Waals surface area (Å²) >= 11 is 0. The Morgan fingerprint density at radius 1 is 1.16 bits per heavy atom. The number of rotatable bonds is 5. The first kappa shape index (κ1) is 26.7. The van der Waals surface area contributed by atoms with Crippen molar-refractivity contribution in [1.82, 2.24) is 9.80 Å². The first-order chi connectivity index (χ1) is 17.2. The molecule has 3 aliphatic carbocycles. The normalized spacial score (nSPS) is 31.2. The Hall–Kier alpha value is -3.32. The summed E-state index contributed by atoms with van der Waals surface area (Å²) in [4.78, 5) is 54.7. The van der Waals surface area contributed by atoms with Crippen molar-refractivity contribution in [3.63, 3.8) is 0 Å². The molecule has 0 radical (unpaired) electrons. The second-order valence-electron chi connectivity index (χ2n) is 10.6. The van der Waals surface area contributed by atoms with Crippen LogP contribution in [-0.4, -0.2) is 106 Å². The van der Waals surface area contributed by atoms with Gasteiger partial charge >= 0.3 is 0 Å². The van der Waals surface area contributed by atoms with Gasteiger partial charge in [-0.05, 0) is 64.6 Å². The van der Waals surface area contributed by atoms with Crippen LogP contribution in [0.4, 0.5) is 5.69 Å². The quantitative estimate of drug-likeness (QED) is 0.204. The van der Waals surface area contributed by atoms with Crippen molar-refractivity contribution in [2.75, 3.05) is 40.1 Å². The molecule has 0 spiro atoms. The van der Waals surface area contributed by atoms with Gasteiger partial charge < -0.3 is 41.3 Å². The number of allylic oxidation sites excluding steroid dienone is 1. The number of ketones is 2. The number of hydrogen-bond donors (Lipinski definition) is 6. The van der Waals surface area contributed by atoms with E-state index < -0.39 is 58.7 Å². The Morgan fingerprint density at radius 2 is 1.81 bits per heavy atom.